The normalized spacial score (nSPS) is 10.2. The minimum absolute atomic E-state index is 0.00651. The number of benzene rings is 1. The Morgan fingerprint density at radius 2 is 2.17 bits per heavy atom. The van der Waals surface area contributed by atoms with Crippen molar-refractivity contribution in [3.8, 4) is 17.6 Å². The molecule has 2 aromatic rings. The van der Waals surface area contributed by atoms with Crippen molar-refractivity contribution < 1.29 is 13.9 Å². The summed E-state index contributed by atoms with van der Waals surface area (Å²) < 4.78 is 24.3. The fourth-order valence-corrected chi connectivity index (χ4v) is 1.64. The highest BCUT2D eigenvalue weighted by atomic mass is 79.9. The number of methoxy groups -OCH3 is 1. The quantitative estimate of drug-likeness (QED) is 0.856. The average Bonchev–Trinajstić information content (AvgIpc) is 2.36. The zero-order chi connectivity index (χ0) is 13.1. The van der Waals surface area contributed by atoms with Crippen molar-refractivity contribution in [2.45, 2.75) is 0 Å². The van der Waals surface area contributed by atoms with Gasteiger partial charge in [-0.25, -0.2) is 9.37 Å². The molecule has 0 aliphatic rings. The van der Waals surface area contributed by atoms with Gasteiger partial charge in [0.05, 0.1) is 13.3 Å². The summed E-state index contributed by atoms with van der Waals surface area (Å²) in [6.07, 6.45) is 1.32. The predicted octanol–water partition coefficient (Wildman–Crippen LogP) is 3.83. The molecule has 0 spiro atoms. The van der Waals surface area contributed by atoms with E-state index in [2.05, 4.69) is 25.9 Å². The van der Waals surface area contributed by atoms with Crippen LogP contribution in [0.15, 0.2) is 28.9 Å². The van der Waals surface area contributed by atoms with Crippen molar-refractivity contribution in [1.82, 2.24) is 9.97 Å². The Bertz CT molecular complexity index is 583. The number of hydrogen-bond donors (Lipinski definition) is 0. The first-order valence-corrected chi connectivity index (χ1v) is 5.96. The van der Waals surface area contributed by atoms with Gasteiger partial charge in [-0.3, -0.25) is 0 Å². The van der Waals surface area contributed by atoms with Gasteiger partial charge in [0.2, 0.25) is 5.88 Å². The van der Waals surface area contributed by atoms with E-state index in [0.717, 1.165) is 0 Å². The Morgan fingerprint density at radius 1 is 1.39 bits per heavy atom. The highest BCUT2D eigenvalue weighted by Gasteiger charge is 2.11. The second-order valence-corrected chi connectivity index (χ2v) is 4.51. The smallest absolute Gasteiger partial charge is 0.319 e. The van der Waals surface area contributed by atoms with Gasteiger partial charge in [0.15, 0.2) is 11.6 Å². The molecule has 0 unspecified atom stereocenters. The molecule has 0 aliphatic heterocycles. The molecule has 18 heavy (non-hydrogen) atoms. The van der Waals surface area contributed by atoms with Gasteiger partial charge in [-0.15, -0.1) is 0 Å². The van der Waals surface area contributed by atoms with Crippen LogP contribution in [-0.2, 0) is 0 Å². The van der Waals surface area contributed by atoms with Crippen molar-refractivity contribution in [2.24, 2.45) is 0 Å². The average molecular weight is 334 g/mol. The van der Waals surface area contributed by atoms with Crippen LogP contribution in [0.4, 0.5) is 4.39 Å². The maximum Gasteiger partial charge on any atom is 0.319 e. The number of ether oxygens (including phenoxy) is 2. The van der Waals surface area contributed by atoms with E-state index in [1.165, 1.54) is 25.4 Å². The molecule has 0 bridgehead atoms. The lowest BCUT2D eigenvalue weighted by Gasteiger charge is -2.08. The van der Waals surface area contributed by atoms with Gasteiger partial charge in [-0.1, -0.05) is 27.5 Å². The Hall–Kier alpha value is -1.40. The summed E-state index contributed by atoms with van der Waals surface area (Å²) in [4.78, 5) is 7.68. The Morgan fingerprint density at radius 3 is 2.89 bits per heavy atom. The zero-order valence-corrected chi connectivity index (χ0v) is 11.5. The fourth-order valence-electron chi connectivity index (χ4n) is 1.17. The molecule has 0 radical (unpaired) electrons. The lowest BCUT2D eigenvalue weighted by molar-refractivity contribution is 0.362. The molecule has 0 amide bonds. The van der Waals surface area contributed by atoms with Gasteiger partial charge in [-0.05, 0) is 18.2 Å². The summed E-state index contributed by atoms with van der Waals surface area (Å²) in [5.41, 5.74) is 0. The van der Waals surface area contributed by atoms with Gasteiger partial charge >= 0.3 is 6.01 Å². The Kier molecular flexibility index (Phi) is 3.98. The van der Waals surface area contributed by atoms with E-state index in [1.54, 1.807) is 6.07 Å². The van der Waals surface area contributed by atoms with Gasteiger partial charge in [0.1, 0.15) is 5.02 Å². The molecule has 0 saturated carbocycles. The molecule has 0 fully saturated rings. The topological polar surface area (TPSA) is 44.2 Å². The van der Waals surface area contributed by atoms with Crippen LogP contribution in [0.1, 0.15) is 0 Å². The molecular formula is C11H7BrClFN2O2. The van der Waals surface area contributed by atoms with Crippen molar-refractivity contribution in [1.29, 1.82) is 0 Å². The molecular weight excluding hydrogens is 326 g/mol. The summed E-state index contributed by atoms with van der Waals surface area (Å²) in [5.74, 6) is -0.487. The summed E-state index contributed by atoms with van der Waals surface area (Å²) in [5, 5.41) is 0.162. The minimum Gasteiger partial charge on any atom is -0.467 e. The molecule has 0 saturated heterocycles. The van der Waals surface area contributed by atoms with E-state index >= 15 is 0 Å². The Labute approximate surface area is 116 Å². The van der Waals surface area contributed by atoms with E-state index in [9.17, 15) is 4.39 Å². The van der Waals surface area contributed by atoms with E-state index < -0.39 is 5.82 Å². The minimum atomic E-state index is -0.521. The maximum atomic E-state index is 13.5. The number of aromatic nitrogens is 2. The van der Waals surface area contributed by atoms with E-state index in [1.807, 2.05) is 0 Å². The van der Waals surface area contributed by atoms with Crippen LogP contribution >= 0.6 is 27.5 Å². The molecule has 7 heteroatoms. The van der Waals surface area contributed by atoms with Crippen molar-refractivity contribution in [3.63, 3.8) is 0 Å². The molecule has 94 valence electrons. The molecule has 1 aromatic heterocycles. The van der Waals surface area contributed by atoms with Crippen LogP contribution in [0.3, 0.4) is 0 Å². The van der Waals surface area contributed by atoms with Crippen LogP contribution in [0.2, 0.25) is 5.02 Å². The third-order valence-electron chi connectivity index (χ3n) is 1.97. The van der Waals surface area contributed by atoms with E-state index in [0.29, 0.717) is 4.47 Å². The summed E-state index contributed by atoms with van der Waals surface area (Å²) in [7, 11) is 1.41. The predicted molar refractivity (Wildman–Crippen MR) is 67.8 cm³/mol. The Balaban J connectivity index is 2.36. The number of rotatable bonds is 3. The van der Waals surface area contributed by atoms with Gasteiger partial charge in [0, 0.05) is 4.47 Å². The SMILES string of the molecule is COc1ncc(Cl)c(Oc2cc(Br)ccc2F)n1. The van der Waals surface area contributed by atoms with E-state index in [4.69, 9.17) is 21.1 Å². The summed E-state index contributed by atoms with van der Waals surface area (Å²) in [6, 6.07) is 4.39. The molecule has 0 aliphatic carbocycles. The number of nitrogens with zero attached hydrogens (tertiary/aromatic N) is 2. The van der Waals surface area contributed by atoms with Gasteiger partial charge < -0.3 is 9.47 Å². The van der Waals surface area contributed by atoms with Crippen molar-refractivity contribution >= 4 is 27.5 Å². The molecule has 4 nitrogen and oxygen atoms in total. The van der Waals surface area contributed by atoms with Crippen LogP contribution in [0.25, 0.3) is 0 Å². The number of hydrogen-bond acceptors (Lipinski definition) is 4. The molecule has 0 N–H and O–H groups in total. The third-order valence-corrected chi connectivity index (χ3v) is 2.72. The summed E-state index contributed by atoms with van der Waals surface area (Å²) >= 11 is 9.07. The van der Waals surface area contributed by atoms with Crippen LogP contribution < -0.4 is 9.47 Å². The largest absolute Gasteiger partial charge is 0.467 e. The first-order valence-electron chi connectivity index (χ1n) is 4.79. The monoisotopic (exact) mass is 332 g/mol. The molecule has 0 atom stereocenters. The second-order valence-electron chi connectivity index (χ2n) is 3.19. The first kappa shape index (κ1) is 13.0. The standard InChI is InChI=1S/C11H7BrClFN2O2/c1-17-11-15-5-7(13)10(16-11)18-9-4-6(12)2-3-8(9)14/h2-5H,1H3. The van der Waals surface area contributed by atoms with Crippen molar-refractivity contribution in [2.75, 3.05) is 7.11 Å². The second kappa shape index (κ2) is 5.49. The van der Waals surface area contributed by atoms with Crippen LogP contribution in [-0.4, -0.2) is 17.1 Å². The van der Waals surface area contributed by atoms with E-state index in [-0.39, 0.29) is 22.7 Å². The molecule has 1 heterocycles. The highest BCUT2D eigenvalue weighted by molar-refractivity contribution is 9.10. The lowest BCUT2D eigenvalue weighted by Crippen LogP contribution is -1.96. The van der Waals surface area contributed by atoms with Crippen LogP contribution in [0.5, 0.6) is 17.6 Å². The third kappa shape index (κ3) is 2.88. The van der Waals surface area contributed by atoms with Gasteiger partial charge in [-0.2, -0.15) is 4.98 Å². The van der Waals surface area contributed by atoms with Crippen molar-refractivity contribution in [3.05, 3.63) is 39.7 Å². The van der Waals surface area contributed by atoms with Crippen LogP contribution in [0, 0.1) is 5.82 Å². The lowest BCUT2D eigenvalue weighted by atomic mass is 10.3. The van der Waals surface area contributed by atoms with Gasteiger partial charge in [0.25, 0.3) is 0 Å². The fraction of sp³-hybridized carbons (Fsp3) is 0.0909. The molecule has 1 aromatic carbocycles. The first-order chi connectivity index (χ1) is 8.60. The highest BCUT2D eigenvalue weighted by Crippen LogP contribution is 2.31. The maximum absolute atomic E-state index is 13.5. The molecule has 2 rings (SSSR count). The number of halogens is 3. The zero-order valence-electron chi connectivity index (χ0n) is 9.15. The summed E-state index contributed by atoms with van der Waals surface area (Å²) in [6.45, 7) is 0.